The molecule has 2 rings (SSSR count). The van der Waals surface area contributed by atoms with Crippen molar-refractivity contribution in [1.82, 2.24) is 10.3 Å². The van der Waals surface area contributed by atoms with Gasteiger partial charge in [0, 0.05) is 12.7 Å². The van der Waals surface area contributed by atoms with Crippen molar-refractivity contribution in [1.29, 1.82) is 0 Å². The van der Waals surface area contributed by atoms with E-state index in [4.69, 9.17) is 0 Å². The van der Waals surface area contributed by atoms with Crippen LogP contribution in [-0.2, 0) is 17.5 Å². The van der Waals surface area contributed by atoms with Crippen LogP contribution in [0, 0.1) is 0 Å². The maximum absolute atomic E-state index is 12.8. The van der Waals surface area contributed by atoms with Gasteiger partial charge in [-0.1, -0.05) is 18.2 Å². The molecule has 0 bridgehead atoms. The van der Waals surface area contributed by atoms with Crippen molar-refractivity contribution in [2.24, 2.45) is 0 Å². The van der Waals surface area contributed by atoms with Crippen LogP contribution in [0.4, 0.5) is 18.9 Å². The van der Waals surface area contributed by atoms with Crippen molar-refractivity contribution < 1.29 is 18.0 Å². The van der Waals surface area contributed by atoms with Gasteiger partial charge in [0.1, 0.15) is 0 Å². The van der Waals surface area contributed by atoms with Crippen molar-refractivity contribution in [3.8, 4) is 0 Å². The second-order valence-corrected chi connectivity index (χ2v) is 4.52. The summed E-state index contributed by atoms with van der Waals surface area (Å²) in [7, 11) is 0. The molecule has 1 aromatic heterocycles. The smallest absolute Gasteiger partial charge is 0.324 e. The molecule has 0 saturated carbocycles. The van der Waals surface area contributed by atoms with E-state index in [2.05, 4.69) is 15.6 Å². The van der Waals surface area contributed by atoms with E-state index in [0.717, 1.165) is 11.8 Å². The second kappa shape index (κ2) is 7.04. The van der Waals surface area contributed by atoms with Crippen LogP contribution >= 0.6 is 0 Å². The van der Waals surface area contributed by atoms with E-state index in [1.165, 1.54) is 18.2 Å². The van der Waals surface area contributed by atoms with Crippen LogP contribution < -0.4 is 10.6 Å². The monoisotopic (exact) mass is 309 g/mol. The highest BCUT2D eigenvalue weighted by molar-refractivity contribution is 5.93. The Bertz CT molecular complexity index is 629. The predicted molar refractivity (Wildman–Crippen MR) is 76.0 cm³/mol. The number of benzene rings is 1. The molecule has 7 heteroatoms. The van der Waals surface area contributed by atoms with Gasteiger partial charge < -0.3 is 10.6 Å². The molecule has 0 spiro atoms. The van der Waals surface area contributed by atoms with Crippen LogP contribution in [0.5, 0.6) is 0 Å². The zero-order valence-corrected chi connectivity index (χ0v) is 11.5. The average Bonchev–Trinajstić information content (AvgIpc) is 2.48. The van der Waals surface area contributed by atoms with Crippen LogP contribution in [0.3, 0.4) is 0 Å². The third kappa shape index (κ3) is 4.56. The first kappa shape index (κ1) is 16.0. The van der Waals surface area contributed by atoms with Crippen molar-refractivity contribution in [2.75, 3.05) is 11.9 Å². The quantitative estimate of drug-likeness (QED) is 0.893. The Labute approximate surface area is 125 Å². The Morgan fingerprint density at radius 2 is 1.82 bits per heavy atom. The van der Waals surface area contributed by atoms with Gasteiger partial charge in [-0.05, 0) is 24.3 Å². The van der Waals surface area contributed by atoms with Crippen molar-refractivity contribution in [2.45, 2.75) is 12.7 Å². The Morgan fingerprint density at radius 3 is 2.50 bits per heavy atom. The molecule has 0 fully saturated rings. The van der Waals surface area contributed by atoms with Crippen LogP contribution in [0.2, 0.25) is 0 Å². The zero-order chi connectivity index (χ0) is 16.0. The lowest BCUT2D eigenvalue weighted by atomic mass is 10.1. The predicted octanol–water partition coefficient (Wildman–Crippen LogP) is 2.83. The van der Waals surface area contributed by atoms with E-state index in [1.54, 1.807) is 18.3 Å². The molecule has 0 aliphatic heterocycles. The fourth-order valence-electron chi connectivity index (χ4n) is 1.84. The van der Waals surface area contributed by atoms with Gasteiger partial charge in [0.25, 0.3) is 0 Å². The molecule has 0 aliphatic rings. The molecule has 0 unspecified atom stereocenters. The van der Waals surface area contributed by atoms with E-state index >= 15 is 0 Å². The first-order valence-corrected chi connectivity index (χ1v) is 6.53. The first-order chi connectivity index (χ1) is 10.5. The number of aromatic nitrogens is 1. The molecule has 0 saturated heterocycles. The maximum Gasteiger partial charge on any atom is 0.418 e. The van der Waals surface area contributed by atoms with Gasteiger partial charge in [-0.2, -0.15) is 13.2 Å². The van der Waals surface area contributed by atoms with Crippen molar-refractivity contribution in [3.05, 3.63) is 59.9 Å². The van der Waals surface area contributed by atoms with Crippen LogP contribution in [0.25, 0.3) is 0 Å². The fourth-order valence-corrected chi connectivity index (χ4v) is 1.84. The normalized spacial score (nSPS) is 11.2. The molecule has 2 aromatic rings. The molecule has 0 atom stereocenters. The highest BCUT2D eigenvalue weighted by atomic mass is 19.4. The zero-order valence-electron chi connectivity index (χ0n) is 11.5. The molecule has 1 aromatic carbocycles. The van der Waals surface area contributed by atoms with Gasteiger partial charge in [0.15, 0.2) is 0 Å². The Kier molecular flexibility index (Phi) is 5.11. The van der Waals surface area contributed by atoms with E-state index < -0.39 is 17.6 Å². The number of hydrogen-bond acceptors (Lipinski definition) is 3. The van der Waals surface area contributed by atoms with Gasteiger partial charge >= 0.3 is 6.18 Å². The number of carbonyl (C=O) groups excluding carboxylic acids is 1. The van der Waals surface area contributed by atoms with E-state index in [1.807, 2.05) is 6.07 Å². The first-order valence-electron chi connectivity index (χ1n) is 6.53. The van der Waals surface area contributed by atoms with Gasteiger partial charge in [0.2, 0.25) is 5.91 Å². The summed E-state index contributed by atoms with van der Waals surface area (Å²) in [6.07, 6.45) is -2.89. The Hall–Kier alpha value is -2.41. The number of alkyl halides is 3. The standard InChI is InChI=1S/C15H14F3N3O/c16-15(17,18)12-6-1-2-7-13(12)21-14(22)10-19-9-11-5-3-4-8-20-11/h1-8,19H,9-10H2,(H,21,22). The molecule has 2 N–H and O–H groups in total. The van der Waals surface area contributed by atoms with Crippen LogP contribution in [0.15, 0.2) is 48.7 Å². The van der Waals surface area contributed by atoms with Gasteiger partial charge in [0.05, 0.1) is 23.5 Å². The third-order valence-electron chi connectivity index (χ3n) is 2.82. The summed E-state index contributed by atoms with van der Waals surface area (Å²) in [5.74, 6) is -0.548. The van der Waals surface area contributed by atoms with Crippen molar-refractivity contribution in [3.63, 3.8) is 0 Å². The molecule has 1 amide bonds. The van der Waals surface area contributed by atoms with Crippen LogP contribution in [-0.4, -0.2) is 17.4 Å². The summed E-state index contributed by atoms with van der Waals surface area (Å²) in [4.78, 5) is 15.8. The molecule has 1 heterocycles. The maximum atomic E-state index is 12.8. The highest BCUT2D eigenvalue weighted by Gasteiger charge is 2.33. The van der Waals surface area contributed by atoms with E-state index in [9.17, 15) is 18.0 Å². The lowest BCUT2D eigenvalue weighted by Gasteiger charge is -2.13. The van der Waals surface area contributed by atoms with Crippen LogP contribution in [0.1, 0.15) is 11.3 Å². The number of nitrogens with zero attached hydrogens (tertiary/aromatic N) is 1. The molecular formula is C15H14F3N3O. The fraction of sp³-hybridized carbons (Fsp3) is 0.200. The number of halogens is 3. The summed E-state index contributed by atoms with van der Waals surface area (Å²) < 4.78 is 38.4. The minimum atomic E-state index is -4.51. The number of rotatable bonds is 5. The summed E-state index contributed by atoms with van der Waals surface area (Å²) in [5, 5.41) is 5.09. The number of anilines is 1. The summed E-state index contributed by atoms with van der Waals surface area (Å²) in [5.41, 5.74) is -0.376. The minimum Gasteiger partial charge on any atom is -0.324 e. The SMILES string of the molecule is O=C(CNCc1ccccn1)Nc1ccccc1C(F)(F)F. The summed E-state index contributed by atoms with van der Waals surface area (Å²) in [6.45, 7) is 0.248. The summed E-state index contributed by atoms with van der Waals surface area (Å²) in [6, 6.07) is 10.2. The average molecular weight is 309 g/mol. The third-order valence-corrected chi connectivity index (χ3v) is 2.82. The minimum absolute atomic E-state index is 0.108. The summed E-state index contributed by atoms with van der Waals surface area (Å²) >= 11 is 0. The number of para-hydroxylation sites is 1. The Morgan fingerprint density at radius 1 is 1.09 bits per heavy atom. The Balaban J connectivity index is 1.90. The number of carbonyl (C=O) groups is 1. The van der Waals surface area contributed by atoms with E-state index in [0.29, 0.717) is 6.54 Å². The number of hydrogen-bond donors (Lipinski definition) is 2. The molecule has 4 nitrogen and oxygen atoms in total. The van der Waals surface area contributed by atoms with E-state index in [-0.39, 0.29) is 12.2 Å². The second-order valence-electron chi connectivity index (χ2n) is 4.52. The largest absolute Gasteiger partial charge is 0.418 e. The molecular weight excluding hydrogens is 295 g/mol. The molecule has 22 heavy (non-hydrogen) atoms. The number of amides is 1. The van der Waals surface area contributed by atoms with Gasteiger partial charge in [-0.3, -0.25) is 9.78 Å². The topological polar surface area (TPSA) is 54.0 Å². The highest BCUT2D eigenvalue weighted by Crippen LogP contribution is 2.34. The molecule has 0 radical (unpaired) electrons. The molecule has 0 aliphatic carbocycles. The van der Waals surface area contributed by atoms with Gasteiger partial charge in [-0.15, -0.1) is 0 Å². The van der Waals surface area contributed by atoms with Gasteiger partial charge in [-0.25, -0.2) is 0 Å². The number of pyridine rings is 1. The number of nitrogens with one attached hydrogen (secondary N) is 2. The lowest BCUT2D eigenvalue weighted by Crippen LogP contribution is -2.28. The molecule has 116 valence electrons. The lowest BCUT2D eigenvalue weighted by molar-refractivity contribution is -0.137. The van der Waals surface area contributed by atoms with Crippen molar-refractivity contribution >= 4 is 11.6 Å².